The van der Waals surface area contributed by atoms with Crippen molar-refractivity contribution in [1.29, 1.82) is 0 Å². The lowest BCUT2D eigenvalue weighted by Gasteiger charge is -2.37. The summed E-state index contributed by atoms with van der Waals surface area (Å²) in [5.41, 5.74) is 0.392. The van der Waals surface area contributed by atoms with Crippen LogP contribution in [0, 0.1) is 5.82 Å². The first-order chi connectivity index (χ1) is 9.74. The minimum Gasteiger partial charge on any atom is -0.309 e. The molecule has 0 atom stereocenters. The fourth-order valence-electron chi connectivity index (χ4n) is 3.50. The fraction of sp³-hybridized carbons (Fsp3) is 0.533. The third kappa shape index (κ3) is 2.37. The number of fused-ring (bicyclic) bond motifs is 2. The van der Waals surface area contributed by atoms with Gasteiger partial charge in [-0.1, -0.05) is 15.9 Å². The molecule has 0 N–H and O–H groups in total. The van der Waals surface area contributed by atoms with Crippen LogP contribution >= 0.6 is 15.9 Å². The summed E-state index contributed by atoms with van der Waals surface area (Å²) in [7, 11) is 0. The molecule has 1 saturated carbocycles. The molecule has 0 aromatic heterocycles. The van der Waals surface area contributed by atoms with Crippen molar-refractivity contribution < 1.29 is 18.0 Å². The zero-order chi connectivity index (χ0) is 15.4. The van der Waals surface area contributed by atoms with Crippen LogP contribution in [0.15, 0.2) is 16.6 Å². The van der Waals surface area contributed by atoms with Crippen LogP contribution in [0.25, 0.3) is 0 Å². The third-order valence-corrected chi connectivity index (χ3v) is 5.11. The Morgan fingerprint density at radius 1 is 1.24 bits per heavy atom. The third-order valence-electron chi connectivity index (χ3n) is 4.65. The molecule has 0 radical (unpaired) electrons. The number of alkyl halides is 2. The summed E-state index contributed by atoms with van der Waals surface area (Å²) in [6.45, 7) is 1.67. The summed E-state index contributed by atoms with van der Waals surface area (Å²) in [5, 5.41) is 0. The molecule has 6 heteroatoms. The van der Waals surface area contributed by atoms with Gasteiger partial charge in [-0.25, -0.2) is 13.2 Å². The highest BCUT2D eigenvalue weighted by molar-refractivity contribution is 9.10. The maximum absolute atomic E-state index is 14.3. The summed E-state index contributed by atoms with van der Waals surface area (Å²) in [4.78, 5) is 13.2. The summed E-state index contributed by atoms with van der Waals surface area (Å²) < 4.78 is 41.8. The van der Waals surface area contributed by atoms with Crippen LogP contribution < -0.4 is 4.90 Å². The van der Waals surface area contributed by atoms with Crippen LogP contribution in [0.3, 0.4) is 0 Å². The molecule has 3 rings (SSSR count). The topological polar surface area (TPSA) is 20.3 Å². The van der Waals surface area contributed by atoms with Gasteiger partial charge >= 0.3 is 0 Å². The van der Waals surface area contributed by atoms with E-state index in [-0.39, 0.29) is 37.3 Å². The van der Waals surface area contributed by atoms with Gasteiger partial charge in [0.15, 0.2) is 0 Å². The highest BCUT2D eigenvalue weighted by Crippen LogP contribution is 2.53. The standard InChI is InChI=1S/C15H15BrF3NO/c1-9(21)20-8-14(2-4-15(18,19)5-3-14)11-6-10(16)7-12(17)13(11)20/h6-7H,2-5,8H2,1H3. The highest BCUT2D eigenvalue weighted by Gasteiger charge is 2.51. The van der Waals surface area contributed by atoms with Crippen LogP contribution in [0.1, 0.15) is 38.2 Å². The van der Waals surface area contributed by atoms with E-state index in [1.807, 2.05) is 0 Å². The summed E-state index contributed by atoms with van der Waals surface area (Å²) >= 11 is 3.25. The molecule has 1 spiro atoms. The Morgan fingerprint density at radius 2 is 1.86 bits per heavy atom. The Balaban J connectivity index is 2.09. The second-order valence-electron chi connectivity index (χ2n) is 6.03. The maximum Gasteiger partial charge on any atom is 0.248 e. The number of nitrogens with zero attached hydrogens (tertiary/aromatic N) is 1. The predicted molar refractivity (Wildman–Crippen MR) is 77.2 cm³/mol. The average Bonchev–Trinajstić information content (AvgIpc) is 2.69. The molecule has 1 amide bonds. The van der Waals surface area contributed by atoms with Gasteiger partial charge in [0, 0.05) is 36.2 Å². The normalized spacial score (nSPS) is 22.4. The lowest BCUT2D eigenvalue weighted by molar-refractivity contribution is -0.116. The van der Waals surface area contributed by atoms with Crippen molar-refractivity contribution in [3.05, 3.63) is 28.0 Å². The number of halogens is 4. The number of anilines is 1. The monoisotopic (exact) mass is 361 g/mol. The van der Waals surface area contributed by atoms with E-state index in [1.165, 1.54) is 17.9 Å². The summed E-state index contributed by atoms with van der Waals surface area (Å²) in [6, 6.07) is 3.08. The van der Waals surface area contributed by atoms with Crippen molar-refractivity contribution in [2.45, 2.75) is 43.9 Å². The first-order valence-corrected chi connectivity index (χ1v) is 7.69. The summed E-state index contributed by atoms with van der Waals surface area (Å²) in [6.07, 6.45) is 0.109. The van der Waals surface area contributed by atoms with Gasteiger partial charge in [0.05, 0.1) is 5.69 Å². The van der Waals surface area contributed by atoms with Gasteiger partial charge in [0.1, 0.15) is 5.82 Å². The van der Waals surface area contributed by atoms with Crippen molar-refractivity contribution in [1.82, 2.24) is 0 Å². The smallest absolute Gasteiger partial charge is 0.248 e. The van der Waals surface area contributed by atoms with Gasteiger partial charge in [-0.2, -0.15) is 0 Å². The van der Waals surface area contributed by atoms with E-state index >= 15 is 0 Å². The largest absolute Gasteiger partial charge is 0.309 e. The number of carbonyl (C=O) groups excluding carboxylic acids is 1. The van der Waals surface area contributed by atoms with Crippen molar-refractivity contribution in [3.63, 3.8) is 0 Å². The van der Waals surface area contributed by atoms with Crippen LogP contribution in [-0.2, 0) is 10.2 Å². The predicted octanol–water partition coefficient (Wildman–Crippen LogP) is 4.40. The second-order valence-corrected chi connectivity index (χ2v) is 6.94. The molecule has 1 aliphatic carbocycles. The van der Waals surface area contributed by atoms with Gasteiger partial charge < -0.3 is 4.90 Å². The lowest BCUT2D eigenvalue weighted by atomic mass is 9.69. The Hall–Kier alpha value is -1.04. The van der Waals surface area contributed by atoms with Gasteiger partial charge in [-0.3, -0.25) is 4.79 Å². The zero-order valence-electron chi connectivity index (χ0n) is 11.6. The lowest BCUT2D eigenvalue weighted by Crippen LogP contribution is -2.41. The molecule has 21 heavy (non-hydrogen) atoms. The van der Waals surface area contributed by atoms with E-state index in [9.17, 15) is 18.0 Å². The molecule has 1 fully saturated rings. The zero-order valence-corrected chi connectivity index (χ0v) is 13.1. The minimum absolute atomic E-state index is 0.216. The summed E-state index contributed by atoms with van der Waals surface area (Å²) in [5.74, 6) is -3.39. The van der Waals surface area contributed by atoms with Gasteiger partial charge in [-0.05, 0) is 30.5 Å². The van der Waals surface area contributed by atoms with Crippen LogP contribution in [0.2, 0.25) is 0 Å². The Morgan fingerprint density at radius 3 is 2.43 bits per heavy atom. The molecule has 1 heterocycles. The first kappa shape index (κ1) is 14.9. The average molecular weight is 362 g/mol. The SMILES string of the molecule is CC(=O)N1CC2(CCC(F)(F)CC2)c2cc(Br)cc(F)c21. The van der Waals surface area contributed by atoms with Crippen molar-refractivity contribution >= 4 is 27.5 Å². The van der Waals surface area contributed by atoms with E-state index in [4.69, 9.17) is 0 Å². The molecule has 1 aliphatic heterocycles. The maximum atomic E-state index is 14.3. The number of carbonyl (C=O) groups is 1. The molecule has 0 bridgehead atoms. The first-order valence-electron chi connectivity index (χ1n) is 6.90. The Kier molecular flexibility index (Phi) is 3.35. The van der Waals surface area contributed by atoms with Crippen molar-refractivity contribution in [2.75, 3.05) is 11.4 Å². The molecule has 1 aromatic carbocycles. The minimum atomic E-state index is -2.65. The van der Waals surface area contributed by atoms with E-state index in [0.717, 1.165) is 0 Å². The molecule has 114 valence electrons. The molecule has 2 nitrogen and oxygen atoms in total. The van der Waals surface area contributed by atoms with Gasteiger partial charge in [0.25, 0.3) is 0 Å². The number of amides is 1. The Labute approximate surface area is 129 Å². The molecule has 1 aromatic rings. The molecule has 2 aliphatic rings. The van der Waals surface area contributed by atoms with Crippen LogP contribution in [0.4, 0.5) is 18.9 Å². The quantitative estimate of drug-likeness (QED) is 0.670. The van der Waals surface area contributed by atoms with Crippen molar-refractivity contribution in [3.8, 4) is 0 Å². The van der Waals surface area contributed by atoms with Crippen LogP contribution in [0.5, 0.6) is 0 Å². The van der Waals surface area contributed by atoms with E-state index in [2.05, 4.69) is 15.9 Å². The van der Waals surface area contributed by atoms with E-state index in [0.29, 0.717) is 16.6 Å². The van der Waals surface area contributed by atoms with Gasteiger partial charge in [0.2, 0.25) is 11.8 Å². The Bertz CT molecular complexity index is 607. The molecule has 0 saturated heterocycles. The fourth-order valence-corrected chi connectivity index (χ4v) is 3.93. The van der Waals surface area contributed by atoms with Crippen molar-refractivity contribution in [2.24, 2.45) is 0 Å². The number of hydrogen-bond donors (Lipinski definition) is 0. The second kappa shape index (κ2) is 4.73. The van der Waals surface area contributed by atoms with E-state index in [1.54, 1.807) is 6.07 Å². The van der Waals surface area contributed by atoms with E-state index < -0.39 is 17.2 Å². The van der Waals surface area contributed by atoms with Gasteiger partial charge in [-0.15, -0.1) is 0 Å². The number of benzene rings is 1. The molecule has 0 unspecified atom stereocenters. The number of hydrogen-bond acceptors (Lipinski definition) is 1. The molecular weight excluding hydrogens is 347 g/mol. The van der Waals surface area contributed by atoms with Crippen LogP contribution in [-0.4, -0.2) is 18.4 Å². The molecular formula is C15H15BrF3NO. The number of rotatable bonds is 0. The highest BCUT2D eigenvalue weighted by atomic mass is 79.9.